The fourth-order valence-electron chi connectivity index (χ4n) is 5.24. The summed E-state index contributed by atoms with van der Waals surface area (Å²) in [5.41, 5.74) is 0. The highest BCUT2D eigenvalue weighted by atomic mass is 15.4. The summed E-state index contributed by atoms with van der Waals surface area (Å²) in [6.45, 7) is 6.29. The van der Waals surface area contributed by atoms with Gasteiger partial charge in [-0.3, -0.25) is 10.2 Å². The van der Waals surface area contributed by atoms with Gasteiger partial charge in [0.05, 0.1) is 0 Å². The van der Waals surface area contributed by atoms with E-state index in [-0.39, 0.29) is 0 Å². The van der Waals surface area contributed by atoms with Crippen molar-refractivity contribution < 1.29 is 0 Å². The third-order valence-corrected chi connectivity index (χ3v) is 6.48. The van der Waals surface area contributed by atoms with Gasteiger partial charge in [-0.15, -0.1) is 0 Å². The van der Waals surface area contributed by atoms with E-state index in [9.17, 15) is 0 Å². The van der Waals surface area contributed by atoms with Crippen LogP contribution < -0.4 is 10.6 Å². The maximum atomic E-state index is 3.78. The summed E-state index contributed by atoms with van der Waals surface area (Å²) >= 11 is 0. The Morgan fingerprint density at radius 2 is 1.52 bits per heavy atom. The molecule has 3 heterocycles. The van der Waals surface area contributed by atoms with Crippen LogP contribution in [0.3, 0.4) is 0 Å². The first-order valence-corrected chi connectivity index (χ1v) is 9.36. The van der Waals surface area contributed by atoms with Crippen molar-refractivity contribution in [1.82, 2.24) is 20.4 Å². The molecule has 4 aliphatic rings. The zero-order valence-electron chi connectivity index (χ0n) is 13.4. The lowest BCUT2D eigenvalue weighted by atomic mass is 9.89. The minimum absolute atomic E-state index is 0.807. The number of likely N-dealkylation sites (tertiary alicyclic amines) is 1. The van der Waals surface area contributed by atoms with E-state index < -0.39 is 0 Å². The van der Waals surface area contributed by atoms with Gasteiger partial charge in [0.15, 0.2) is 0 Å². The summed E-state index contributed by atoms with van der Waals surface area (Å²) in [4.78, 5) is 5.63. The van der Waals surface area contributed by atoms with Gasteiger partial charge in [-0.25, -0.2) is 0 Å². The molecule has 1 aliphatic carbocycles. The summed E-state index contributed by atoms with van der Waals surface area (Å²) in [7, 11) is 0. The summed E-state index contributed by atoms with van der Waals surface area (Å²) in [5, 5.41) is 7.28. The van der Waals surface area contributed by atoms with Crippen molar-refractivity contribution in [2.24, 2.45) is 0 Å². The lowest BCUT2D eigenvalue weighted by Gasteiger charge is -2.43. The number of nitrogens with zero attached hydrogens (tertiary/aromatic N) is 2. The fraction of sp³-hybridized carbons (Fsp3) is 1.00. The molecule has 3 aliphatic heterocycles. The van der Waals surface area contributed by atoms with E-state index in [1.807, 2.05) is 0 Å². The van der Waals surface area contributed by atoms with Crippen LogP contribution in [-0.2, 0) is 0 Å². The van der Waals surface area contributed by atoms with Gasteiger partial charge in [0, 0.05) is 30.8 Å². The second kappa shape index (κ2) is 6.53. The average Bonchev–Trinajstić information content (AvgIpc) is 3.00. The van der Waals surface area contributed by atoms with E-state index in [1.54, 1.807) is 0 Å². The predicted molar refractivity (Wildman–Crippen MR) is 86.4 cm³/mol. The minimum atomic E-state index is 0.807. The number of piperidine rings is 2. The monoisotopic (exact) mass is 292 g/mol. The molecule has 4 heteroatoms. The molecular weight excluding hydrogens is 260 g/mol. The third-order valence-electron chi connectivity index (χ3n) is 6.48. The van der Waals surface area contributed by atoms with Crippen LogP contribution in [0.2, 0.25) is 0 Å². The zero-order chi connectivity index (χ0) is 14.1. The molecule has 0 spiro atoms. The highest BCUT2D eigenvalue weighted by Gasteiger charge is 2.40. The van der Waals surface area contributed by atoms with E-state index in [2.05, 4.69) is 20.4 Å². The van der Waals surface area contributed by atoms with Crippen molar-refractivity contribution in [2.75, 3.05) is 32.8 Å². The molecular formula is C17H32N4. The van der Waals surface area contributed by atoms with Gasteiger partial charge < -0.3 is 10.2 Å². The Morgan fingerprint density at radius 3 is 2.33 bits per heavy atom. The molecule has 0 radical (unpaired) electrons. The van der Waals surface area contributed by atoms with Gasteiger partial charge in [-0.2, -0.15) is 0 Å². The van der Waals surface area contributed by atoms with Crippen molar-refractivity contribution in [3.05, 3.63) is 0 Å². The fourth-order valence-corrected chi connectivity index (χ4v) is 5.24. The summed E-state index contributed by atoms with van der Waals surface area (Å²) in [6.07, 6.45) is 11.3. The molecule has 1 saturated carbocycles. The van der Waals surface area contributed by atoms with Crippen LogP contribution in [-0.4, -0.2) is 66.8 Å². The molecule has 4 fully saturated rings. The van der Waals surface area contributed by atoms with Gasteiger partial charge in [0.1, 0.15) is 0 Å². The van der Waals surface area contributed by atoms with Crippen LogP contribution in [0, 0.1) is 0 Å². The second-order valence-corrected chi connectivity index (χ2v) is 7.58. The number of fused-ring (bicyclic) bond motifs is 1. The number of nitrogens with one attached hydrogen (secondary N) is 2. The molecule has 3 saturated heterocycles. The molecule has 2 atom stereocenters. The molecule has 4 rings (SSSR count). The summed E-state index contributed by atoms with van der Waals surface area (Å²) < 4.78 is 0. The molecule has 0 aromatic heterocycles. The van der Waals surface area contributed by atoms with E-state index >= 15 is 0 Å². The highest BCUT2D eigenvalue weighted by molar-refractivity contribution is 4.97. The van der Waals surface area contributed by atoms with Crippen LogP contribution >= 0.6 is 0 Å². The minimum Gasteiger partial charge on any atom is -0.317 e. The Hall–Kier alpha value is -0.160. The molecule has 0 aromatic carbocycles. The van der Waals surface area contributed by atoms with E-state index in [4.69, 9.17) is 0 Å². The van der Waals surface area contributed by atoms with Crippen molar-refractivity contribution in [2.45, 2.75) is 75.5 Å². The van der Waals surface area contributed by atoms with Crippen LogP contribution in [0.15, 0.2) is 0 Å². The van der Waals surface area contributed by atoms with E-state index in [1.165, 1.54) is 77.5 Å². The maximum Gasteiger partial charge on any atom is 0.0489 e. The van der Waals surface area contributed by atoms with Crippen LogP contribution in [0.1, 0.15) is 51.4 Å². The van der Waals surface area contributed by atoms with Crippen molar-refractivity contribution in [3.63, 3.8) is 0 Å². The predicted octanol–water partition coefficient (Wildman–Crippen LogP) is 1.38. The van der Waals surface area contributed by atoms with Gasteiger partial charge in [-0.05, 0) is 64.7 Å². The SMILES string of the molecule is C1CCC2C(C1)NCN2C1CCN(C2CCNCC2)CC1. The molecule has 0 aromatic rings. The lowest BCUT2D eigenvalue weighted by molar-refractivity contribution is 0.0593. The van der Waals surface area contributed by atoms with E-state index in [0.717, 1.165) is 30.8 Å². The summed E-state index contributed by atoms with van der Waals surface area (Å²) in [6, 6.07) is 3.38. The third kappa shape index (κ3) is 3.00. The van der Waals surface area contributed by atoms with Crippen LogP contribution in [0.5, 0.6) is 0 Å². The zero-order valence-corrected chi connectivity index (χ0v) is 13.4. The molecule has 0 bridgehead atoms. The molecule has 4 nitrogen and oxygen atoms in total. The van der Waals surface area contributed by atoms with Crippen LogP contribution in [0.4, 0.5) is 0 Å². The van der Waals surface area contributed by atoms with Crippen molar-refractivity contribution >= 4 is 0 Å². The van der Waals surface area contributed by atoms with Gasteiger partial charge >= 0.3 is 0 Å². The number of hydrogen-bond donors (Lipinski definition) is 2. The Bertz CT molecular complexity index is 334. The molecule has 2 N–H and O–H groups in total. The number of hydrogen-bond acceptors (Lipinski definition) is 4. The first-order valence-electron chi connectivity index (χ1n) is 9.36. The molecule has 120 valence electrons. The normalized spacial score (nSPS) is 37.7. The Kier molecular flexibility index (Phi) is 4.49. The maximum absolute atomic E-state index is 3.78. The Balaban J connectivity index is 1.30. The van der Waals surface area contributed by atoms with Crippen molar-refractivity contribution in [3.8, 4) is 0 Å². The van der Waals surface area contributed by atoms with E-state index in [0.29, 0.717) is 0 Å². The average molecular weight is 292 g/mol. The summed E-state index contributed by atoms with van der Waals surface area (Å²) in [5.74, 6) is 0. The van der Waals surface area contributed by atoms with Crippen LogP contribution in [0.25, 0.3) is 0 Å². The number of rotatable bonds is 2. The Morgan fingerprint density at radius 1 is 0.762 bits per heavy atom. The molecule has 21 heavy (non-hydrogen) atoms. The molecule has 2 unspecified atom stereocenters. The topological polar surface area (TPSA) is 30.5 Å². The van der Waals surface area contributed by atoms with Gasteiger partial charge in [0.25, 0.3) is 0 Å². The highest BCUT2D eigenvalue weighted by Crippen LogP contribution is 2.31. The second-order valence-electron chi connectivity index (χ2n) is 7.58. The van der Waals surface area contributed by atoms with Gasteiger partial charge in [-0.1, -0.05) is 12.8 Å². The molecule has 0 amide bonds. The smallest absolute Gasteiger partial charge is 0.0489 e. The van der Waals surface area contributed by atoms with Crippen molar-refractivity contribution in [1.29, 1.82) is 0 Å². The lowest BCUT2D eigenvalue weighted by Crippen LogP contribution is -2.52. The van der Waals surface area contributed by atoms with Gasteiger partial charge in [0.2, 0.25) is 0 Å². The first-order chi connectivity index (χ1) is 10.4. The first kappa shape index (κ1) is 14.4. The quantitative estimate of drug-likeness (QED) is 0.805. The largest absolute Gasteiger partial charge is 0.317 e. The Labute approximate surface area is 129 Å². The standard InChI is InChI=1S/C17H32N4/c1-2-4-17-16(3-1)19-13-21(17)15-7-11-20(12-8-15)14-5-9-18-10-6-14/h14-19H,1-13H2.